The second-order valence-electron chi connectivity index (χ2n) is 6.68. The summed E-state index contributed by atoms with van der Waals surface area (Å²) in [6, 6.07) is 0.691. The molecule has 1 saturated heterocycles. The fourth-order valence-corrected chi connectivity index (χ4v) is 3.36. The van der Waals surface area contributed by atoms with Crippen LogP contribution in [0.3, 0.4) is 0 Å². The van der Waals surface area contributed by atoms with Crippen LogP contribution in [0.15, 0.2) is 0 Å². The summed E-state index contributed by atoms with van der Waals surface area (Å²) in [5.74, 6) is 0.541. The first-order valence-corrected chi connectivity index (χ1v) is 8.56. The van der Waals surface area contributed by atoms with Crippen molar-refractivity contribution in [2.75, 3.05) is 19.7 Å². The number of aliphatic hydroxyl groups is 1. The van der Waals surface area contributed by atoms with Gasteiger partial charge in [0.2, 0.25) is 0 Å². The highest BCUT2D eigenvalue weighted by atomic mass is 16.3. The Morgan fingerprint density at radius 1 is 1.29 bits per heavy atom. The van der Waals surface area contributed by atoms with Crippen molar-refractivity contribution in [3.05, 3.63) is 0 Å². The molecular weight excluding hydrogens is 266 g/mol. The lowest BCUT2D eigenvalue weighted by Crippen LogP contribution is -2.53. The van der Waals surface area contributed by atoms with Crippen LogP contribution in [-0.2, 0) is 0 Å². The van der Waals surface area contributed by atoms with Gasteiger partial charge in [0.1, 0.15) is 0 Å². The molecule has 0 radical (unpaired) electrons. The van der Waals surface area contributed by atoms with Crippen molar-refractivity contribution in [3.63, 3.8) is 0 Å². The van der Waals surface area contributed by atoms with Crippen LogP contribution in [0.5, 0.6) is 0 Å². The van der Waals surface area contributed by atoms with E-state index in [0.29, 0.717) is 5.92 Å². The average molecular weight is 297 g/mol. The summed E-state index contributed by atoms with van der Waals surface area (Å²) in [5.41, 5.74) is 0. The Kier molecular flexibility index (Phi) is 6.30. The monoisotopic (exact) mass is 297 g/mol. The van der Waals surface area contributed by atoms with Crippen LogP contribution in [0.4, 0.5) is 4.79 Å². The summed E-state index contributed by atoms with van der Waals surface area (Å²) < 4.78 is 0. The van der Waals surface area contributed by atoms with Crippen LogP contribution in [0, 0.1) is 5.92 Å². The van der Waals surface area contributed by atoms with Crippen molar-refractivity contribution in [1.82, 2.24) is 15.5 Å². The largest absolute Gasteiger partial charge is 0.394 e. The zero-order valence-electron chi connectivity index (χ0n) is 13.5. The summed E-state index contributed by atoms with van der Waals surface area (Å²) >= 11 is 0. The van der Waals surface area contributed by atoms with Gasteiger partial charge in [-0.2, -0.15) is 0 Å². The van der Waals surface area contributed by atoms with Gasteiger partial charge < -0.3 is 20.6 Å². The summed E-state index contributed by atoms with van der Waals surface area (Å²) in [7, 11) is 0. The van der Waals surface area contributed by atoms with Gasteiger partial charge in [0.15, 0.2) is 0 Å². The molecule has 2 rings (SSSR count). The summed E-state index contributed by atoms with van der Waals surface area (Å²) in [4.78, 5) is 14.6. The van der Waals surface area contributed by atoms with E-state index in [2.05, 4.69) is 22.5 Å². The second-order valence-corrected chi connectivity index (χ2v) is 6.68. The molecule has 2 aliphatic rings. The van der Waals surface area contributed by atoms with E-state index >= 15 is 0 Å². The Bertz CT molecular complexity index is 329. The minimum Gasteiger partial charge on any atom is -0.394 e. The molecule has 2 fully saturated rings. The predicted molar refractivity (Wildman–Crippen MR) is 84.2 cm³/mol. The molecule has 0 aromatic rings. The number of rotatable bonds is 6. The maximum Gasteiger partial charge on any atom is 0.315 e. The first kappa shape index (κ1) is 16.6. The molecule has 0 bridgehead atoms. The Balaban J connectivity index is 1.76. The van der Waals surface area contributed by atoms with E-state index < -0.39 is 0 Å². The quantitative estimate of drug-likeness (QED) is 0.699. The number of nitrogens with zero attached hydrogens (tertiary/aromatic N) is 1. The summed E-state index contributed by atoms with van der Waals surface area (Å²) in [6.07, 6.45) is 7.26. The number of likely N-dealkylation sites (tertiary alicyclic amines) is 1. The number of hydrogen-bond acceptors (Lipinski definition) is 3. The molecule has 1 aliphatic carbocycles. The van der Waals surface area contributed by atoms with Gasteiger partial charge in [0.05, 0.1) is 12.6 Å². The van der Waals surface area contributed by atoms with Gasteiger partial charge in [0.25, 0.3) is 0 Å². The zero-order valence-corrected chi connectivity index (χ0v) is 13.5. The molecule has 2 amide bonds. The Labute approximate surface area is 128 Å². The highest BCUT2D eigenvalue weighted by Gasteiger charge is 2.31. The zero-order chi connectivity index (χ0) is 15.2. The van der Waals surface area contributed by atoms with Gasteiger partial charge in [-0.05, 0) is 51.5 Å². The second kappa shape index (κ2) is 7.99. The van der Waals surface area contributed by atoms with Gasteiger partial charge in [-0.3, -0.25) is 0 Å². The minimum atomic E-state index is -0.149. The summed E-state index contributed by atoms with van der Waals surface area (Å²) in [6.45, 7) is 6.40. The molecule has 3 atom stereocenters. The van der Waals surface area contributed by atoms with E-state index in [0.717, 1.165) is 19.0 Å². The van der Waals surface area contributed by atoms with E-state index in [1.807, 2.05) is 6.92 Å². The number of carbonyl (C=O) groups excluding carboxylic acids is 1. The lowest BCUT2D eigenvalue weighted by atomic mass is 9.86. The molecule has 2 unspecified atom stereocenters. The number of amides is 2. The molecule has 3 N–H and O–H groups in total. The highest BCUT2D eigenvalue weighted by Crippen LogP contribution is 2.30. The van der Waals surface area contributed by atoms with E-state index in [1.54, 1.807) is 0 Å². The number of carbonyl (C=O) groups is 1. The lowest BCUT2D eigenvalue weighted by Gasteiger charge is -2.43. The summed E-state index contributed by atoms with van der Waals surface area (Å²) in [5, 5.41) is 15.0. The third-order valence-corrected chi connectivity index (χ3v) is 5.19. The van der Waals surface area contributed by atoms with Crippen LogP contribution in [-0.4, -0.2) is 53.9 Å². The van der Waals surface area contributed by atoms with Gasteiger partial charge >= 0.3 is 6.03 Å². The van der Waals surface area contributed by atoms with Crippen molar-refractivity contribution in [3.8, 4) is 0 Å². The number of piperidine rings is 1. The smallest absolute Gasteiger partial charge is 0.315 e. The fraction of sp³-hybridized carbons (Fsp3) is 0.938. The van der Waals surface area contributed by atoms with E-state index in [-0.39, 0.29) is 24.7 Å². The van der Waals surface area contributed by atoms with Crippen LogP contribution in [0.1, 0.15) is 52.4 Å². The van der Waals surface area contributed by atoms with Crippen LogP contribution in [0.25, 0.3) is 0 Å². The van der Waals surface area contributed by atoms with Gasteiger partial charge in [-0.15, -0.1) is 0 Å². The first-order chi connectivity index (χ1) is 10.1. The van der Waals surface area contributed by atoms with Gasteiger partial charge in [-0.1, -0.05) is 13.3 Å². The SMILES string of the molecule is CC[C@H](CO)NC(=O)NC(C)C1CCCN(C2CCC2)C1. The topological polar surface area (TPSA) is 64.6 Å². The van der Waals surface area contributed by atoms with Crippen LogP contribution < -0.4 is 10.6 Å². The average Bonchev–Trinajstić information content (AvgIpc) is 2.43. The van der Waals surface area contributed by atoms with Gasteiger partial charge in [-0.25, -0.2) is 4.79 Å². The Hall–Kier alpha value is -0.810. The maximum absolute atomic E-state index is 12.0. The molecule has 1 saturated carbocycles. The van der Waals surface area contributed by atoms with E-state index in [4.69, 9.17) is 5.11 Å². The molecule has 5 heteroatoms. The molecule has 1 heterocycles. The molecule has 1 aliphatic heterocycles. The van der Waals surface area contributed by atoms with E-state index in [9.17, 15) is 4.79 Å². The molecule has 122 valence electrons. The van der Waals surface area contributed by atoms with Crippen molar-refractivity contribution in [1.29, 1.82) is 0 Å². The maximum atomic E-state index is 12.0. The first-order valence-electron chi connectivity index (χ1n) is 8.56. The van der Waals surface area contributed by atoms with Crippen molar-refractivity contribution in [2.24, 2.45) is 5.92 Å². The number of urea groups is 1. The third-order valence-electron chi connectivity index (χ3n) is 5.19. The third kappa shape index (κ3) is 4.58. The normalized spacial score (nSPS) is 26.7. The fourth-order valence-electron chi connectivity index (χ4n) is 3.36. The van der Waals surface area contributed by atoms with Crippen molar-refractivity contribution < 1.29 is 9.90 Å². The van der Waals surface area contributed by atoms with Crippen LogP contribution >= 0.6 is 0 Å². The molecule has 0 aromatic carbocycles. The molecule has 0 aromatic heterocycles. The molecule has 0 spiro atoms. The standard InChI is InChI=1S/C16H31N3O2/c1-3-14(11-20)18-16(21)17-12(2)13-6-5-9-19(10-13)15-7-4-8-15/h12-15,20H,3-11H2,1-2H3,(H2,17,18,21)/t12?,13?,14-/m1/s1. The molecule has 5 nitrogen and oxygen atoms in total. The molecule has 21 heavy (non-hydrogen) atoms. The Morgan fingerprint density at radius 2 is 2.05 bits per heavy atom. The number of hydrogen-bond donors (Lipinski definition) is 3. The van der Waals surface area contributed by atoms with Crippen molar-refractivity contribution >= 4 is 6.03 Å². The Morgan fingerprint density at radius 3 is 2.62 bits per heavy atom. The van der Waals surface area contributed by atoms with Gasteiger partial charge in [0, 0.05) is 18.6 Å². The van der Waals surface area contributed by atoms with Crippen molar-refractivity contribution in [2.45, 2.75) is 70.5 Å². The lowest BCUT2D eigenvalue weighted by molar-refractivity contribution is 0.0677. The van der Waals surface area contributed by atoms with E-state index in [1.165, 1.54) is 38.6 Å². The highest BCUT2D eigenvalue weighted by molar-refractivity contribution is 5.74. The predicted octanol–water partition coefficient (Wildman–Crippen LogP) is 1.71. The molecular formula is C16H31N3O2. The number of nitrogens with one attached hydrogen (secondary N) is 2. The minimum absolute atomic E-state index is 0.00279. The number of aliphatic hydroxyl groups excluding tert-OH is 1. The van der Waals surface area contributed by atoms with Crippen LogP contribution in [0.2, 0.25) is 0 Å².